The van der Waals surface area contributed by atoms with Gasteiger partial charge in [0.2, 0.25) is 0 Å². The third-order valence-electron chi connectivity index (χ3n) is 5.78. The molecule has 1 fully saturated rings. The van der Waals surface area contributed by atoms with Gasteiger partial charge in [0, 0.05) is 24.8 Å². The minimum atomic E-state index is 0.000420. The zero-order valence-electron chi connectivity index (χ0n) is 18.5. The molecule has 1 aliphatic rings. The maximum atomic E-state index is 13.7. The highest BCUT2D eigenvalue weighted by molar-refractivity contribution is 6.00. The lowest BCUT2D eigenvalue weighted by molar-refractivity contribution is 0.0624. The maximum absolute atomic E-state index is 13.7. The maximum Gasteiger partial charge on any atom is 0.257 e. The lowest BCUT2D eigenvalue weighted by Gasteiger charge is -2.35. The highest BCUT2D eigenvalue weighted by atomic mass is 16.5. The second-order valence-electron chi connectivity index (χ2n) is 8.39. The second kappa shape index (κ2) is 8.84. The first-order valence-corrected chi connectivity index (χ1v) is 10.7. The number of amides is 1. The van der Waals surface area contributed by atoms with Crippen LogP contribution in [-0.4, -0.2) is 47.9 Å². The molecule has 0 saturated carbocycles. The largest absolute Gasteiger partial charge is 0.497 e. The number of hydrogen-bond donors (Lipinski definition) is 0. The molecule has 2 unspecified atom stereocenters. The molecule has 2 aromatic carbocycles. The van der Waals surface area contributed by atoms with Crippen molar-refractivity contribution in [1.29, 1.82) is 0 Å². The van der Waals surface area contributed by atoms with Crippen molar-refractivity contribution in [1.82, 2.24) is 14.7 Å². The Kier molecular flexibility index (Phi) is 5.98. The molecule has 2 atom stereocenters. The normalized spacial score (nSPS) is 18.6. The van der Waals surface area contributed by atoms with Gasteiger partial charge in [0.1, 0.15) is 17.2 Å². The van der Waals surface area contributed by atoms with Crippen molar-refractivity contribution in [3.05, 3.63) is 60.3 Å². The number of aromatic nitrogens is 2. The van der Waals surface area contributed by atoms with Gasteiger partial charge in [-0.15, -0.1) is 0 Å². The van der Waals surface area contributed by atoms with Crippen LogP contribution >= 0.6 is 0 Å². The molecule has 6 nitrogen and oxygen atoms in total. The zero-order valence-corrected chi connectivity index (χ0v) is 18.5. The number of para-hydroxylation sites is 1. The van der Waals surface area contributed by atoms with E-state index in [1.807, 2.05) is 59.6 Å². The van der Waals surface area contributed by atoms with Crippen LogP contribution in [0.5, 0.6) is 11.5 Å². The molecule has 3 aromatic rings. The molecule has 0 spiro atoms. The zero-order chi connectivity index (χ0) is 22.0. The molecule has 0 bridgehead atoms. The van der Waals surface area contributed by atoms with Crippen LogP contribution in [0.3, 0.4) is 0 Å². The van der Waals surface area contributed by atoms with E-state index in [0.717, 1.165) is 30.8 Å². The summed E-state index contributed by atoms with van der Waals surface area (Å²) in [6.45, 7) is 5.92. The van der Waals surface area contributed by atoms with Crippen molar-refractivity contribution in [3.8, 4) is 28.4 Å². The van der Waals surface area contributed by atoms with Crippen LogP contribution in [0.15, 0.2) is 54.7 Å². The Bertz CT molecular complexity index is 1050. The highest BCUT2D eigenvalue weighted by Gasteiger charge is 2.30. The Morgan fingerprint density at radius 1 is 1.00 bits per heavy atom. The number of piperidine rings is 1. The SMILES string of the molecule is COc1ccc(OC)c(-c2nn(-c3ccccc3)cc2C(=O)N2CC(C)CC(C)C2)c1. The summed E-state index contributed by atoms with van der Waals surface area (Å²) in [5.74, 6) is 2.29. The molecule has 0 N–H and O–H groups in total. The summed E-state index contributed by atoms with van der Waals surface area (Å²) in [5, 5.41) is 4.82. The van der Waals surface area contributed by atoms with E-state index in [1.54, 1.807) is 18.9 Å². The Balaban J connectivity index is 1.84. The number of carbonyl (C=O) groups is 1. The van der Waals surface area contributed by atoms with Crippen LogP contribution in [0.1, 0.15) is 30.6 Å². The third-order valence-corrected chi connectivity index (χ3v) is 5.78. The average Bonchev–Trinajstić information content (AvgIpc) is 3.23. The Morgan fingerprint density at radius 3 is 2.35 bits per heavy atom. The Hall–Kier alpha value is -3.28. The van der Waals surface area contributed by atoms with E-state index in [2.05, 4.69) is 13.8 Å². The van der Waals surface area contributed by atoms with E-state index in [4.69, 9.17) is 14.6 Å². The highest BCUT2D eigenvalue weighted by Crippen LogP contribution is 2.36. The first kappa shape index (κ1) is 21.0. The first-order chi connectivity index (χ1) is 15.0. The number of carbonyl (C=O) groups excluding carboxylic acids is 1. The lowest BCUT2D eigenvalue weighted by atomic mass is 9.91. The van der Waals surface area contributed by atoms with Gasteiger partial charge in [0.05, 0.1) is 25.5 Å². The molecule has 0 aliphatic carbocycles. The van der Waals surface area contributed by atoms with Crippen LogP contribution in [-0.2, 0) is 0 Å². The van der Waals surface area contributed by atoms with E-state index < -0.39 is 0 Å². The van der Waals surface area contributed by atoms with E-state index in [1.165, 1.54) is 0 Å². The fraction of sp³-hybridized carbons (Fsp3) is 0.360. The minimum absolute atomic E-state index is 0.000420. The van der Waals surface area contributed by atoms with Crippen molar-refractivity contribution >= 4 is 5.91 Å². The molecule has 1 aliphatic heterocycles. The summed E-state index contributed by atoms with van der Waals surface area (Å²) >= 11 is 0. The predicted molar refractivity (Wildman–Crippen MR) is 121 cm³/mol. The molecule has 31 heavy (non-hydrogen) atoms. The average molecular weight is 420 g/mol. The molecule has 6 heteroatoms. The van der Waals surface area contributed by atoms with E-state index in [-0.39, 0.29) is 5.91 Å². The minimum Gasteiger partial charge on any atom is -0.497 e. The summed E-state index contributed by atoms with van der Waals surface area (Å²) in [7, 11) is 3.24. The van der Waals surface area contributed by atoms with Gasteiger partial charge in [-0.25, -0.2) is 4.68 Å². The van der Waals surface area contributed by atoms with Crippen molar-refractivity contribution < 1.29 is 14.3 Å². The summed E-state index contributed by atoms with van der Waals surface area (Å²) in [4.78, 5) is 15.6. The van der Waals surface area contributed by atoms with Gasteiger partial charge in [-0.1, -0.05) is 32.0 Å². The molecule has 0 radical (unpaired) electrons. The van der Waals surface area contributed by atoms with Crippen molar-refractivity contribution in [3.63, 3.8) is 0 Å². The van der Waals surface area contributed by atoms with Gasteiger partial charge in [-0.3, -0.25) is 4.79 Å². The quantitative estimate of drug-likeness (QED) is 0.603. The van der Waals surface area contributed by atoms with Gasteiger partial charge < -0.3 is 14.4 Å². The van der Waals surface area contributed by atoms with Crippen molar-refractivity contribution in [2.45, 2.75) is 20.3 Å². The summed E-state index contributed by atoms with van der Waals surface area (Å²) in [6, 6.07) is 15.4. The smallest absolute Gasteiger partial charge is 0.257 e. The summed E-state index contributed by atoms with van der Waals surface area (Å²) < 4.78 is 12.8. The van der Waals surface area contributed by atoms with Crippen LogP contribution in [0.4, 0.5) is 0 Å². The predicted octanol–water partition coefficient (Wildman–Crippen LogP) is 4.67. The van der Waals surface area contributed by atoms with Gasteiger partial charge in [-0.2, -0.15) is 5.10 Å². The third kappa shape index (κ3) is 4.29. The number of nitrogens with zero attached hydrogens (tertiary/aromatic N) is 3. The van der Waals surface area contributed by atoms with Gasteiger partial charge >= 0.3 is 0 Å². The van der Waals surface area contributed by atoms with Gasteiger partial charge in [0.25, 0.3) is 5.91 Å². The van der Waals surface area contributed by atoms with Gasteiger partial charge in [-0.05, 0) is 48.6 Å². The van der Waals surface area contributed by atoms with Crippen molar-refractivity contribution in [2.75, 3.05) is 27.3 Å². The van der Waals surface area contributed by atoms with Crippen LogP contribution in [0.2, 0.25) is 0 Å². The molecule has 1 saturated heterocycles. The molecule has 4 rings (SSSR count). The Morgan fingerprint density at radius 2 is 1.71 bits per heavy atom. The van der Waals surface area contributed by atoms with E-state index in [0.29, 0.717) is 34.6 Å². The fourth-order valence-corrected chi connectivity index (χ4v) is 4.44. The molecule has 1 amide bonds. The topological polar surface area (TPSA) is 56.6 Å². The van der Waals surface area contributed by atoms with Crippen LogP contribution in [0, 0.1) is 11.8 Å². The lowest BCUT2D eigenvalue weighted by Crippen LogP contribution is -2.42. The molecule has 2 heterocycles. The number of ether oxygens (including phenoxy) is 2. The number of likely N-dealkylation sites (tertiary alicyclic amines) is 1. The van der Waals surface area contributed by atoms with Crippen LogP contribution < -0.4 is 9.47 Å². The number of rotatable bonds is 5. The van der Waals surface area contributed by atoms with E-state index in [9.17, 15) is 4.79 Å². The standard InChI is InChI=1S/C25H29N3O3/c1-17-12-18(2)15-27(14-17)25(29)22-16-28(19-8-6-5-7-9-19)26-24(22)21-13-20(30-3)10-11-23(21)31-4/h5-11,13,16-18H,12,14-15H2,1-4H3. The molecule has 1 aromatic heterocycles. The number of hydrogen-bond acceptors (Lipinski definition) is 4. The molecule has 162 valence electrons. The molecular weight excluding hydrogens is 390 g/mol. The molecular formula is C25H29N3O3. The Labute approximate surface area is 183 Å². The van der Waals surface area contributed by atoms with Crippen molar-refractivity contribution in [2.24, 2.45) is 11.8 Å². The van der Waals surface area contributed by atoms with E-state index >= 15 is 0 Å². The number of benzene rings is 2. The van der Waals surface area contributed by atoms with Gasteiger partial charge in [0.15, 0.2) is 0 Å². The second-order valence-corrected chi connectivity index (χ2v) is 8.39. The van der Waals surface area contributed by atoms with Crippen LogP contribution in [0.25, 0.3) is 16.9 Å². The summed E-state index contributed by atoms with van der Waals surface area (Å²) in [6.07, 6.45) is 2.97. The first-order valence-electron chi connectivity index (χ1n) is 10.7. The monoisotopic (exact) mass is 419 g/mol. The fourth-order valence-electron chi connectivity index (χ4n) is 4.44. The summed E-state index contributed by atoms with van der Waals surface area (Å²) in [5.41, 5.74) is 2.79. The number of methoxy groups -OCH3 is 2.